The van der Waals surface area contributed by atoms with Gasteiger partial charge in [0.15, 0.2) is 6.29 Å². The summed E-state index contributed by atoms with van der Waals surface area (Å²) in [7, 11) is 0. The Morgan fingerprint density at radius 3 is 2.43 bits per heavy atom. The van der Waals surface area contributed by atoms with Gasteiger partial charge in [-0.1, -0.05) is 20.1 Å². The van der Waals surface area contributed by atoms with E-state index in [1.54, 1.807) is 6.92 Å². The largest absolute Gasteiger partial charge is 0.461 e. The fourth-order valence-corrected chi connectivity index (χ4v) is 5.43. The summed E-state index contributed by atoms with van der Waals surface area (Å²) in [6, 6.07) is 0. The predicted octanol–water partition coefficient (Wildman–Crippen LogP) is -1.14. The van der Waals surface area contributed by atoms with Crippen LogP contribution in [0.15, 0.2) is 24.3 Å². The summed E-state index contributed by atoms with van der Waals surface area (Å²) in [5, 5.41) is 50.3. The van der Waals surface area contributed by atoms with Crippen molar-refractivity contribution in [3.8, 4) is 0 Å². The Morgan fingerprint density at radius 1 is 1.07 bits per heavy atom. The third kappa shape index (κ3) is 3.33. The molecule has 0 unspecified atom stereocenters. The molecule has 12 atom stereocenters. The topological polar surface area (TPSA) is 146 Å². The average Bonchev–Trinajstić information content (AvgIpc) is 3.15. The minimum absolute atomic E-state index is 0.165. The van der Waals surface area contributed by atoms with Crippen LogP contribution in [0.4, 0.5) is 0 Å². The van der Waals surface area contributed by atoms with Crippen molar-refractivity contribution in [3.63, 3.8) is 0 Å². The van der Waals surface area contributed by atoms with Gasteiger partial charge in [0.1, 0.15) is 30.5 Å². The molecule has 9 nitrogen and oxygen atoms in total. The summed E-state index contributed by atoms with van der Waals surface area (Å²) in [4.78, 5) is 12.2. The highest BCUT2D eigenvalue weighted by Gasteiger charge is 2.57. The summed E-state index contributed by atoms with van der Waals surface area (Å²) in [5.74, 6) is -1.31. The van der Waals surface area contributed by atoms with Crippen LogP contribution in [-0.4, -0.2) is 87.1 Å². The number of carbonyl (C=O) groups is 1. The third-order valence-corrected chi connectivity index (χ3v) is 7.33. The normalized spacial score (nSPS) is 51.3. The molecule has 2 aliphatic carbocycles. The van der Waals surface area contributed by atoms with Crippen LogP contribution in [0.5, 0.6) is 0 Å². The van der Waals surface area contributed by atoms with Gasteiger partial charge in [-0.25, -0.2) is 0 Å². The average molecular weight is 426 g/mol. The quantitative estimate of drug-likeness (QED) is 0.279. The standard InChI is InChI=1S/C21H30O9/c1-7-10-5-13(28-21-18(26)17(25)16(24)14(6-22)29-21)9(3)15(10)19-11(4-12(7)23)8(2)20(27)30-19/h8,10-19,21-26H,1,3-6H2,2H3/t8-,10-,11-,12+,13-,14+,15-,16+,17+,18+,19-,21+/m0/s1. The van der Waals surface area contributed by atoms with Gasteiger partial charge in [-0.2, -0.15) is 0 Å². The van der Waals surface area contributed by atoms with Crippen LogP contribution < -0.4 is 0 Å². The Hall–Kier alpha value is -1.33. The molecule has 0 aromatic heterocycles. The third-order valence-electron chi connectivity index (χ3n) is 7.33. The van der Waals surface area contributed by atoms with Gasteiger partial charge in [-0.3, -0.25) is 4.79 Å². The first-order chi connectivity index (χ1) is 14.1. The van der Waals surface area contributed by atoms with E-state index in [9.17, 15) is 30.3 Å². The predicted molar refractivity (Wildman–Crippen MR) is 102 cm³/mol. The van der Waals surface area contributed by atoms with E-state index >= 15 is 0 Å². The monoisotopic (exact) mass is 426 g/mol. The molecule has 0 radical (unpaired) electrons. The Kier molecular flexibility index (Phi) is 5.82. The Labute approximate surface area is 174 Å². The van der Waals surface area contributed by atoms with E-state index < -0.39 is 55.6 Å². The highest BCUT2D eigenvalue weighted by atomic mass is 16.7. The fourth-order valence-electron chi connectivity index (χ4n) is 5.43. The van der Waals surface area contributed by atoms with Crippen LogP contribution in [0.3, 0.4) is 0 Å². The van der Waals surface area contributed by atoms with E-state index in [-0.39, 0.29) is 29.6 Å². The molecule has 168 valence electrons. The number of esters is 1. The number of rotatable bonds is 3. The van der Waals surface area contributed by atoms with Crippen LogP contribution in [-0.2, 0) is 19.0 Å². The van der Waals surface area contributed by atoms with Crippen LogP contribution in [0.25, 0.3) is 0 Å². The van der Waals surface area contributed by atoms with Crippen molar-refractivity contribution in [2.24, 2.45) is 23.7 Å². The molecule has 4 fully saturated rings. The van der Waals surface area contributed by atoms with Crippen LogP contribution in [0.1, 0.15) is 19.8 Å². The second-order valence-corrected chi connectivity index (χ2v) is 8.95. The number of hydrogen-bond donors (Lipinski definition) is 5. The molecule has 4 rings (SSSR count). The lowest BCUT2D eigenvalue weighted by Gasteiger charge is -2.40. The minimum atomic E-state index is -1.54. The molecule has 0 bridgehead atoms. The smallest absolute Gasteiger partial charge is 0.309 e. The number of aliphatic hydroxyl groups excluding tert-OH is 5. The number of fused-ring (bicyclic) bond motifs is 3. The van der Waals surface area contributed by atoms with E-state index in [0.717, 1.165) is 0 Å². The highest BCUT2D eigenvalue weighted by Crippen LogP contribution is 2.53. The molecule has 0 spiro atoms. The van der Waals surface area contributed by atoms with Gasteiger partial charge in [0.2, 0.25) is 0 Å². The molecule has 9 heteroatoms. The molecule has 5 N–H and O–H groups in total. The van der Waals surface area contributed by atoms with Gasteiger partial charge >= 0.3 is 5.97 Å². The van der Waals surface area contributed by atoms with Crippen molar-refractivity contribution in [1.29, 1.82) is 0 Å². The highest BCUT2D eigenvalue weighted by molar-refractivity contribution is 5.75. The summed E-state index contributed by atoms with van der Waals surface area (Å²) < 4.78 is 17.1. The fraction of sp³-hybridized carbons (Fsp3) is 0.762. The van der Waals surface area contributed by atoms with Crippen LogP contribution in [0, 0.1) is 23.7 Å². The second kappa shape index (κ2) is 7.98. The van der Waals surface area contributed by atoms with E-state index in [0.29, 0.717) is 24.0 Å². The molecule has 2 saturated carbocycles. The lowest BCUT2D eigenvalue weighted by molar-refractivity contribution is -0.308. The van der Waals surface area contributed by atoms with E-state index in [1.165, 1.54) is 0 Å². The Balaban J connectivity index is 1.56. The summed E-state index contributed by atoms with van der Waals surface area (Å²) in [6.07, 6.45) is -7.94. The maximum absolute atomic E-state index is 12.2. The molecule has 2 saturated heterocycles. The number of carbonyl (C=O) groups excluding carboxylic acids is 1. The molecule has 4 aliphatic rings. The van der Waals surface area contributed by atoms with Gasteiger partial charge < -0.3 is 39.7 Å². The number of hydrogen-bond acceptors (Lipinski definition) is 9. The zero-order chi connectivity index (χ0) is 21.9. The first-order valence-electron chi connectivity index (χ1n) is 10.4. The van der Waals surface area contributed by atoms with Crippen molar-refractivity contribution in [2.45, 2.75) is 68.8 Å². The summed E-state index contributed by atoms with van der Waals surface area (Å²) in [6.45, 7) is 9.47. The molecular formula is C21H30O9. The summed E-state index contributed by atoms with van der Waals surface area (Å²) in [5.41, 5.74) is 1.28. The zero-order valence-electron chi connectivity index (χ0n) is 16.8. The van der Waals surface area contributed by atoms with Crippen LogP contribution in [0.2, 0.25) is 0 Å². The van der Waals surface area contributed by atoms with Crippen molar-refractivity contribution in [2.75, 3.05) is 6.61 Å². The number of ether oxygens (including phenoxy) is 3. The molecule has 2 aliphatic heterocycles. The van der Waals surface area contributed by atoms with Crippen LogP contribution >= 0.6 is 0 Å². The first-order valence-corrected chi connectivity index (χ1v) is 10.4. The van der Waals surface area contributed by atoms with Crippen molar-refractivity contribution in [1.82, 2.24) is 0 Å². The number of aliphatic hydroxyl groups is 5. The van der Waals surface area contributed by atoms with Gasteiger partial charge in [0.25, 0.3) is 0 Å². The molecule has 2 heterocycles. The maximum atomic E-state index is 12.2. The van der Waals surface area contributed by atoms with Crippen molar-refractivity contribution in [3.05, 3.63) is 24.3 Å². The maximum Gasteiger partial charge on any atom is 0.309 e. The van der Waals surface area contributed by atoms with Gasteiger partial charge in [-0.15, -0.1) is 0 Å². The second-order valence-electron chi connectivity index (χ2n) is 8.95. The molecule has 0 aromatic carbocycles. The van der Waals surface area contributed by atoms with Gasteiger partial charge in [-0.05, 0) is 29.9 Å². The van der Waals surface area contributed by atoms with Crippen molar-refractivity contribution < 1.29 is 44.5 Å². The molecule has 0 aromatic rings. The Bertz CT molecular complexity index is 721. The van der Waals surface area contributed by atoms with E-state index in [1.807, 2.05) is 0 Å². The molecular weight excluding hydrogens is 396 g/mol. The molecule has 30 heavy (non-hydrogen) atoms. The lowest BCUT2D eigenvalue weighted by atomic mass is 9.80. The van der Waals surface area contributed by atoms with E-state index in [4.69, 9.17) is 14.2 Å². The SMILES string of the molecule is C=C1[C@@H]2[C@H]3OC(=O)[C@@H](C)[C@@H]3C[C@@H](O)C(=C)[C@@H]2C[C@@H]1O[C@@H]1O[C@H](CO)[C@@H](O)[C@@H](O)[C@H]1O. The van der Waals surface area contributed by atoms with Gasteiger partial charge in [0.05, 0.1) is 24.7 Å². The zero-order valence-corrected chi connectivity index (χ0v) is 16.8. The lowest BCUT2D eigenvalue weighted by Crippen LogP contribution is -2.59. The van der Waals surface area contributed by atoms with Crippen molar-refractivity contribution >= 4 is 5.97 Å². The summed E-state index contributed by atoms with van der Waals surface area (Å²) >= 11 is 0. The van der Waals surface area contributed by atoms with E-state index in [2.05, 4.69) is 13.2 Å². The van der Waals surface area contributed by atoms with Gasteiger partial charge in [0, 0.05) is 11.8 Å². The molecule has 0 amide bonds. The first kappa shape index (κ1) is 21.9. The minimum Gasteiger partial charge on any atom is -0.461 e. The Morgan fingerprint density at radius 2 is 1.77 bits per heavy atom.